The molecular formula is C25H30ClN3O6. The molecule has 1 fully saturated rings. The van der Waals surface area contributed by atoms with Crippen LogP contribution in [0.15, 0.2) is 53.6 Å². The number of hydrogen-bond donors (Lipinski definition) is 1. The van der Waals surface area contributed by atoms with Gasteiger partial charge in [0.05, 0.1) is 17.5 Å². The van der Waals surface area contributed by atoms with Crippen molar-refractivity contribution in [1.29, 1.82) is 0 Å². The molecule has 2 aliphatic rings. The van der Waals surface area contributed by atoms with Crippen LogP contribution in [0.2, 0.25) is 5.02 Å². The summed E-state index contributed by atoms with van der Waals surface area (Å²) < 4.78 is 27.9. The molecule has 0 radical (unpaired) electrons. The summed E-state index contributed by atoms with van der Waals surface area (Å²) in [6.07, 6.45) is -2.61. The van der Waals surface area contributed by atoms with Gasteiger partial charge in [0.15, 0.2) is 0 Å². The third-order valence-electron chi connectivity index (χ3n) is 6.14. The first kappa shape index (κ1) is 25.4. The minimum atomic E-state index is -0.948. The normalized spacial score (nSPS) is 26.4. The van der Waals surface area contributed by atoms with Crippen LogP contribution in [-0.4, -0.2) is 70.4 Å². The average Bonchev–Trinajstić information content (AvgIpc) is 3.34. The lowest BCUT2D eigenvalue weighted by Crippen LogP contribution is -2.59. The van der Waals surface area contributed by atoms with Gasteiger partial charge in [-0.1, -0.05) is 29.8 Å². The zero-order chi connectivity index (χ0) is 24.9. The second kappa shape index (κ2) is 11.4. The fourth-order valence-electron chi connectivity index (χ4n) is 4.39. The van der Waals surface area contributed by atoms with Gasteiger partial charge in [-0.25, -0.2) is 4.79 Å². The Morgan fingerprint density at radius 2 is 1.77 bits per heavy atom. The molecule has 35 heavy (non-hydrogen) atoms. The molecule has 2 aromatic rings. The SMILES string of the molecule is CO[C@@H]1[C@@H](OC)[C@H](C)O[C@@H](OC(=O)Nc2ccc(C3=NN(c4cccc(Cl)c4)CC3)cc2)[C@@H]1OC. The zero-order valence-corrected chi connectivity index (χ0v) is 20.9. The molecule has 0 aromatic heterocycles. The van der Waals surface area contributed by atoms with E-state index in [1.165, 1.54) is 7.11 Å². The summed E-state index contributed by atoms with van der Waals surface area (Å²) in [7, 11) is 4.64. The summed E-state index contributed by atoms with van der Waals surface area (Å²) in [5.74, 6) is 0. The van der Waals surface area contributed by atoms with Crippen molar-refractivity contribution in [3.05, 3.63) is 59.1 Å². The monoisotopic (exact) mass is 503 g/mol. The van der Waals surface area contributed by atoms with E-state index in [9.17, 15) is 4.79 Å². The van der Waals surface area contributed by atoms with Crippen LogP contribution in [0.4, 0.5) is 16.2 Å². The van der Waals surface area contributed by atoms with Gasteiger partial charge in [-0.15, -0.1) is 0 Å². The van der Waals surface area contributed by atoms with Crippen molar-refractivity contribution >= 4 is 34.8 Å². The Morgan fingerprint density at radius 1 is 1.06 bits per heavy atom. The smallest absolute Gasteiger partial charge is 0.414 e. The first-order valence-electron chi connectivity index (χ1n) is 11.4. The van der Waals surface area contributed by atoms with Gasteiger partial charge in [-0.2, -0.15) is 5.10 Å². The van der Waals surface area contributed by atoms with Crippen LogP contribution in [0.3, 0.4) is 0 Å². The van der Waals surface area contributed by atoms with Crippen molar-refractivity contribution in [1.82, 2.24) is 0 Å². The summed E-state index contributed by atoms with van der Waals surface area (Å²) >= 11 is 6.10. The maximum atomic E-state index is 12.6. The number of benzene rings is 2. The van der Waals surface area contributed by atoms with Crippen molar-refractivity contribution in [2.75, 3.05) is 38.2 Å². The Kier molecular flexibility index (Phi) is 8.25. The molecule has 4 rings (SSSR count). The van der Waals surface area contributed by atoms with Gasteiger partial charge in [0.25, 0.3) is 0 Å². The third kappa shape index (κ3) is 5.76. The Labute approximate surface area is 209 Å². The summed E-state index contributed by atoms with van der Waals surface area (Å²) in [5.41, 5.74) is 3.48. The number of methoxy groups -OCH3 is 3. The lowest BCUT2D eigenvalue weighted by Gasteiger charge is -2.43. The molecule has 2 heterocycles. The highest BCUT2D eigenvalue weighted by molar-refractivity contribution is 6.30. The van der Waals surface area contributed by atoms with Crippen LogP contribution < -0.4 is 10.3 Å². The van der Waals surface area contributed by atoms with E-state index in [0.717, 1.165) is 29.9 Å². The Balaban J connectivity index is 1.37. The average molecular weight is 504 g/mol. The van der Waals surface area contributed by atoms with Crippen LogP contribution in [0.5, 0.6) is 0 Å². The molecule has 10 heteroatoms. The molecule has 5 atom stereocenters. The Bertz CT molecular complexity index is 1050. The van der Waals surface area contributed by atoms with Crippen molar-refractivity contribution in [3.63, 3.8) is 0 Å². The van der Waals surface area contributed by atoms with Crippen molar-refractivity contribution in [2.45, 2.75) is 44.1 Å². The maximum absolute atomic E-state index is 12.6. The number of amides is 1. The van der Waals surface area contributed by atoms with Crippen LogP contribution in [0.1, 0.15) is 18.9 Å². The van der Waals surface area contributed by atoms with Gasteiger partial charge in [0, 0.05) is 45.0 Å². The quantitative estimate of drug-likeness (QED) is 0.602. The highest BCUT2D eigenvalue weighted by Crippen LogP contribution is 2.28. The molecule has 1 saturated heterocycles. The molecule has 2 aliphatic heterocycles. The molecule has 188 valence electrons. The molecule has 0 saturated carbocycles. The first-order valence-corrected chi connectivity index (χ1v) is 11.7. The largest absolute Gasteiger partial charge is 0.416 e. The topological polar surface area (TPSA) is 90.8 Å². The molecular weight excluding hydrogens is 474 g/mol. The summed E-state index contributed by atoms with van der Waals surface area (Å²) in [6.45, 7) is 2.60. The first-order chi connectivity index (χ1) is 16.9. The van der Waals surface area contributed by atoms with E-state index in [2.05, 4.69) is 5.32 Å². The maximum Gasteiger partial charge on any atom is 0.414 e. The number of nitrogens with zero attached hydrogens (tertiary/aromatic N) is 2. The molecule has 2 aromatic carbocycles. The summed E-state index contributed by atoms with van der Waals surface area (Å²) in [5, 5.41) is 10.1. The van der Waals surface area contributed by atoms with E-state index >= 15 is 0 Å². The summed E-state index contributed by atoms with van der Waals surface area (Å²) in [4.78, 5) is 12.6. The molecule has 1 N–H and O–H groups in total. The number of rotatable bonds is 7. The lowest BCUT2D eigenvalue weighted by atomic mass is 9.99. The van der Waals surface area contributed by atoms with Gasteiger partial charge in [-0.3, -0.25) is 10.3 Å². The molecule has 1 amide bonds. The van der Waals surface area contributed by atoms with Crippen molar-refractivity contribution in [2.24, 2.45) is 5.10 Å². The van der Waals surface area contributed by atoms with Gasteiger partial charge >= 0.3 is 6.09 Å². The highest BCUT2D eigenvalue weighted by atomic mass is 35.5. The molecule has 0 unspecified atom stereocenters. The number of nitrogens with one attached hydrogen (secondary N) is 1. The molecule has 0 aliphatic carbocycles. The van der Waals surface area contributed by atoms with Gasteiger partial charge in [0.2, 0.25) is 6.29 Å². The van der Waals surface area contributed by atoms with E-state index in [-0.39, 0.29) is 12.2 Å². The summed E-state index contributed by atoms with van der Waals surface area (Å²) in [6, 6.07) is 15.0. The fourth-order valence-corrected chi connectivity index (χ4v) is 4.58. The van der Waals surface area contributed by atoms with E-state index in [0.29, 0.717) is 10.7 Å². The van der Waals surface area contributed by atoms with E-state index in [1.54, 1.807) is 26.4 Å². The highest BCUT2D eigenvalue weighted by Gasteiger charge is 2.47. The number of hydrogen-bond acceptors (Lipinski definition) is 8. The van der Waals surface area contributed by atoms with Gasteiger partial charge in [-0.05, 0) is 42.8 Å². The number of ether oxygens (including phenoxy) is 5. The second-order valence-electron chi connectivity index (χ2n) is 8.32. The van der Waals surface area contributed by atoms with Crippen molar-refractivity contribution < 1.29 is 28.5 Å². The van der Waals surface area contributed by atoms with Crippen LogP contribution in [-0.2, 0) is 23.7 Å². The molecule has 9 nitrogen and oxygen atoms in total. The zero-order valence-electron chi connectivity index (χ0n) is 20.1. The van der Waals surface area contributed by atoms with Gasteiger partial charge < -0.3 is 23.7 Å². The number of carbonyl (C=O) groups is 1. The van der Waals surface area contributed by atoms with Crippen LogP contribution >= 0.6 is 11.6 Å². The second-order valence-corrected chi connectivity index (χ2v) is 8.75. The predicted octanol–water partition coefficient (Wildman–Crippen LogP) is 4.29. The van der Waals surface area contributed by atoms with Crippen molar-refractivity contribution in [3.8, 4) is 0 Å². The standard InChI is InChI=1S/C25H30ClN3O6/c1-15-21(31-2)22(32-3)23(33-4)24(34-15)35-25(30)27-18-10-8-16(9-11-18)20-12-13-29(28-20)19-7-5-6-17(26)14-19/h5-11,14-15,21-24H,12-13H2,1-4H3,(H,27,30)/t15-,21-,22+,23+,24-/m0/s1. The number of carbonyl (C=O) groups excluding carboxylic acids is 1. The van der Waals surface area contributed by atoms with Crippen LogP contribution in [0.25, 0.3) is 0 Å². The number of halogens is 1. The number of hydrazone groups is 1. The van der Waals surface area contributed by atoms with Gasteiger partial charge in [0.1, 0.15) is 18.3 Å². The van der Waals surface area contributed by atoms with E-state index in [1.807, 2.05) is 48.3 Å². The molecule has 0 bridgehead atoms. The number of anilines is 2. The molecule has 0 spiro atoms. The predicted molar refractivity (Wildman–Crippen MR) is 133 cm³/mol. The minimum absolute atomic E-state index is 0.353. The van der Waals surface area contributed by atoms with E-state index < -0.39 is 24.6 Å². The Morgan fingerprint density at radius 3 is 2.43 bits per heavy atom. The fraction of sp³-hybridized carbons (Fsp3) is 0.440. The third-order valence-corrected chi connectivity index (χ3v) is 6.37. The van der Waals surface area contributed by atoms with Crippen LogP contribution in [0, 0.1) is 0 Å². The lowest BCUT2D eigenvalue weighted by molar-refractivity contribution is -0.288. The Hall–Kier alpha value is -2.69. The van der Waals surface area contributed by atoms with E-state index in [4.69, 9.17) is 40.4 Å². The minimum Gasteiger partial charge on any atom is -0.416 e.